The predicted molar refractivity (Wildman–Crippen MR) is 86.9 cm³/mol. The van der Waals surface area contributed by atoms with E-state index in [0.717, 1.165) is 0 Å². The predicted octanol–water partition coefficient (Wildman–Crippen LogP) is 2.26. The van der Waals surface area contributed by atoms with Gasteiger partial charge < -0.3 is 10.2 Å². The molecule has 0 amide bonds. The van der Waals surface area contributed by atoms with Crippen molar-refractivity contribution in [1.29, 1.82) is 0 Å². The molecule has 21 heavy (non-hydrogen) atoms. The van der Waals surface area contributed by atoms with E-state index in [4.69, 9.17) is 0 Å². The van der Waals surface area contributed by atoms with E-state index in [9.17, 15) is 10.2 Å². The Hall–Kier alpha value is -1.82. The van der Waals surface area contributed by atoms with Gasteiger partial charge in [-0.3, -0.25) is 9.98 Å². The first-order chi connectivity index (χ1) is 9.77. The summed E-state index contributed by atoms with van der Waals surface area (Å²) in [4.78, 5) is 8.39. The van der Waals surface area contributed by atoms with Crippen LogP contribution in [0.3, 0.4) is 0 Å². The van der Waals surface area contributed by atoms with Crippen LogP contribution >= 0.6 is 0 Å². The van der Waals surface area contributed by atoms with Crippen molar-refractivity contribution in [2.45, 2.75) is 0 Å². The summed E-state index contributed by atoms with van der Waals surface area (Å²) in [6, 6.07) is 14.1. The molecule has 0 saturated carbocycles. The van der Waals surface area contributed by atoms with Crippen molar-refractivity contribution < 1.29 is 10.2 Å². The summed E-state index contributed by atoms with van der Waals surface area (Å²) in [5.41, 5.74) is 1.38. The van der Waals surface area contributed by atoms with Gasteiger partial charge in [0, 0.05) is 47.5 Å². The van der Waals surface area contributed by atoms with Crippen LogP contribution in [-0.2, 0) is 0 Å². The average Bonchev–Trinajstić information content (AvgIpc) is 2.46. The summed E-state index contributed by atoms with van der Waals surface area (Å²) in [7, 11) is 0. The van der Waals surface area contributed by atoms with Crippen molar-refractivity contribution in [2.24, 2.45) is 9.98 Å². The van der Waals surface area contributed by atoms with Gasteiger partial charge >= 0.3 is 0 Å². The molecule has 0 aliphatic heterocycles. The fourth-order valence-corrected chi connectivity index (χ4v) is 1.63. The number of hydrogen-bond acceptors (Lipinski definition) is 4. The molecule has 2 rings (SSSR count). The van der Waals surface area contributed by atoms with Gasteiger partial charge in [0.05, 0.1) is 13.1 Å². The van der Waals surface area contributed by atoms with Gasteiger partial charge in [-0.25, -0.2) is 0 Å². The molecule has 0 aromatic heterocycles. The number of para-hydroxylation sites is 2. The van der Waals surface area contributed by atoms with Crippen LogP contribution in [0.2, 0.25) is 0 Å². The zero-order chi connectivity index (χ0) is 14.2. The number of nitrogens with zero attached hydrogens (tertiary/aromatic N) is 2. The fourth-order valence-electron chi connectivity index (χ4n) is 1.63. The number of phenolic OH excluding ortho intramolecular Hbond substituents is 2. The Kier molecular flexibility index (Phi) is 7.53. The maximum atomic E-state index is 9.54. The van der Waals surface area contributed by atoms with E-state index < -0.39 is 0 Å². The third kappa shape index (κ3) is 5.59. The normalized spacial score (nSPS) is 10.9. The van der Waals surface area contributed by atoms with Crippen molar-refractivity contribution in [1.82, 2.24) is 0 Å². The van der Waals surface area contributed by atoms with E-state index in [2.05, 4.69) is 9.98 Å². The minimum atomic E-state index is 0. The van der Waals surface area contributed by atoms with Gasteiger partial charge in [0.2, 0.25) is 0 Å². The Bertz CT molecular complexity index is 572. The van der Waals surface area contributed by atoms with Crippen molar-refractivity contribution >= 4 is 36.3 Å². The van der Waals surface area contributed by atoms with Gasteiger partial charge in [-0.1, -0.05) is 24.3 Å². The maximum Gasteiger partial charge on any atom is 0.124 e. The number of aliphatic imine (C=N–C) groups is 2. The molecule has 5 heteroatoms. The summed E-state index contributed by atoms with van der Waals surface area (Å²) < 4.78 is 0. The molecule has 106 valence electrons. The second-order valence-corrected chi connectivity index (χ2v) is 4.19. The zero-order valence-corrected chi connectivity index (χ0v) is 14.3. The molecule has 0 aliphatic rings. The topological polar surface area (TPSA) is 65.2 Å². The Labute approximate surface area is 140 Å². The molecule has 0 heterocycles. The van der Waals surface area contributed by atoms with Crippen LogP contribution in [0, 0.1) is 0 Å². The van der Waals surface area contributed by atoms with Gasteiger partial charge in [0.25, 0.3) is 0 Å². The molecular weight excluding hydrogens is 371 g/mol. The number of benzene rings is 2. The van der Waals surface area contributed by atoms with Gasteiger partial charge in [0.15, 0.2) is 0 Å². The monoisotopic (exact) mass is 388 g/mol. The third-order valence-electron chi connectivity index (χ3n) is 2.69. The first-order valence-electron chi connectivity index (χ1n) is 6.33. The molecule has 0 atom stereocenters. The van der Waals surface area contributed by atoms with Crippen LogP contribution in [0.15, 0.2) is 58.5 Å². The minimum Gasteiger partial charge on any atom is -0.507 e. The zero-order valence-electron chi connectivity index (χ0n) is 11.5. The Balaban J connectivity index is 0.00000220. The number of aromatic hydroxyl groups is 2. The molecule has 2 aromatic carbocycles. The molecule has 2 N–H and O–H groups in total. The standard InChI is InChI=1S/C16H16N2O2.Sn/c19-15-7-3-1-5-13(15)11-17-9-10-18-12-14-6-2-4-8-16(14)20;/h1-8,11-12,19-20H,9-10H2;. The first-order valence-corrected chi connectivity index (χ1v) is 6.33. The third-order valence-corrected chi connectivity index (χ3v) is 2.69. The number of hydrogen-bond donors (Lipinski definition) is 2. The molecule has 0 aliphatic carbocycles. The second-order valence-electron chi connectivity index (χ2n) is 4.19. The molecule has 2 aromatic rings. The summed E-state index contributed by atoms with van der Waals surface area (Å²) in [6.07, 6.45) is 3.26. The summed E-state index contributed by atoms with van der Waals surface area (Å²) in [6.45, 7) is 1.05. The fraction of sp³-hybridized carbons (Fsp3) is 0.125. The van der Waals surface area contributed by atoms with Gasteiger partial charge in [-0.15, -0.1) is 0 Å². The van der Waals surface area contributed by atoms with E-state index in [1.54, 1.807) is 48.8 Å². The Morgan fingerprint density at radius 2 is 1.10 bits per heavy atom. The Morgan fingerprint density at radius 3 is 1.48 bits per heavy atom. The van der Waals surface area contributed by atoms with E-state index in [1.807, 2.05) is 12.1 Å². The van der Waals surface area contributed by atoms with E-state index in [0.29, 0.717) is 24.2 Å². The van der Waals surface area contributed by atoms with Crippen LogP contribution in [0.1, 0.15) is 11.1 Å². The number of phenols is 2. The molecular formula is C16H16N2O2Sn. The van der Waals surface area contributed by atoms with Gasteiger partial charge in [0.1, 0.15) is 11.5 Å². The molecule has 0 spiro atoms. The Morgan fingerprint density at radius 1 is 0.714 bits per heavy atom. The molecule has 4 nitrogen and oxygen atoms in total. The largest absolute Gasteiger partial charge is 0.507 e. The maximum absolute atomic E-state index is 9.54. The molecule has 0 unspecified atom stereocenters. The van der Waals surface area contributed by atoms with Crippen molar-refractivity contribution in [2.75, 3.05) is 13.1 Å². The molecule has 0 bridgehead atoms. The summed E-state index contributed by atoms with van der Waals surface area (Å²) in [5.74, 6) is 0.433. The minimum absolute atomic E-state index is 0. The molecule has 0 fully saturated rings. The smallest absolute Gasteiger partial charge is 0.124 e. The summed E-state index contributed by atoms with van der Waals surface area (Å²) >= 11 is 0. The van der Waals surface area contributed by atoms with Crippen LogP contribution < -0.4 is 0 Å². The SMILES string of the molecule is Oc1ccccc1C=NCCN=Cc1ccccc1O.[Sn]. The van der Waals surface area contributed by atoms with Crippen LogP contribution in [0.25, 0.3) is 0 Å². The van der Waals surface area contributed by atoms with Crippen LogP contribution in [0.4, 0.5) is 0 Å². The molecule has 0 saturated heterocycles. The van der Waals surface area contributed by atoms with Crippen LogP contribution in [-0.4, -0.2) is 59.6 Å². The first kappa shape index (κ1) is 17.2. The van der Waals surface area contributed by atoms with Gasteiger partial charge in [-0.2, -0.15) is 0 Å². The number of rotatable bonds is 5. The van der Waals surface area contributed by atoms with E-state index in [1.165, 1.54) is 0 Å². The van der Waals surface area contributed by atoms with Crippen molar-refractivity contribution in [3.8, 4) is 11.5 Å². The second kappa shape index (κ2) is 9.18. The quantitative estimate of drug-likeness (QED) is 0.470. The van der Waals surface area contributed by atoms with Gasteiger partial charge in [-0.05, 0) is 24.3 Å². The van der Waals surface area contributed by atoms with Crippen molar-refractivity contribution in [3.05, 3.63) is 59.7 Å². The molecule has 4 radical (unpaired) electrons. The van der Waals surface area contributed by atoms with E-state index in [-0.39, 0.29) is 35.4 Å². The average molecular weight is 387 g/mol. The van der Waals surface area contributed by atoms with E-state index >= 15 is 0 Å². The van der Waals surface area contributed by atoms with Crippen LogP contribution in [0.5, 0.6) is 11.5 Å². The van der Waals surface area contributed by atoms with Crippen molar-refractivity contribution in [3.63, 3.8) is 0 Å². The summed E-state index contributed by atoms with van der Waals surface area (Å²) in [5, 5.41) is 19.1.